The second-order valence-corrected chi connectivity index (χ2v) is 4.61. The Morgan fingerprint density at radius 3 is 2.37 bits per heavy atom. The third kappa shape index (κ3) is 2.86. The van der Waals surface area contributed by atoms with Gasteiger partial charge in [-0.05, 0) is 22.0 Å². The van der Waals surface area contributed by atoms with E-state index >= 15 is 0 Å². The van der Waals surface area contributed by atoms with Gasteiger partial charge in [-0.15, -0.1) is 0 Å². The molecule has 0 amide bonds. The number of nitrogens with zero attached hydrogens (tertiary/aromatic N) is 2. The fourth-order valence-corrected chi connectivity index (χ4v) is 1.71. The predicted octanol–water partition coefficient (Wildman–Crippen LogP) is 3.74. The Morgan fingerprint density at radius 1 is 1.21 bits per heavy atom. The second-order valence-electron chi connectivity index (χ2n) is 3.61. The molecule has 0 unspecified atom stereocenters. The summed E-state index contributed by atoms with van der Waals surface area (Å²) in [7, 11) is 1.34. The zero-order valence-corrected chi connectivity index (χ0v) is 11.3. The Bertz CT molecular complexity index is 585. The van der Waals surface area contributed by atoms with Crippen molar-refractivity contribution in [3.05, 3.63) is 42.2 Å². The maximum atomic E-state index is 14.0. The molecule has 0 aliphatic carbocycles. The van der Waals surface area contributed by atoms with Crippen LogP contribution in [0, 0.1) is 5.82 Å². The van der Waals surface area contributed by atoms with Crippen molar-refractivity contribution in [2.45, 2.75) is 4.83 Å². The van der Waals surface area contributed by atoms with Crippen LogP contribution in [0.5, 0.6) is 5.75 Å². The minimum Gasteiger partial charge on any atom is -0.494 e. The fraction of sp³-hybridized carbons (Fsp3) is 0.167. The van der Waals surface area contributed by atoms with Crippen LogP contribution in [-0.4, -0.2) is 17.1 Å². The minimum atomic E-state index is -3.31. The van der Waals surface area contributed by atoms with Gasteiger partial charge in [-0.25, -0.2) is 14.4 Å². The highest BCUT2D eigenvalue weighted by Crippen LogP contribution is 2.33. The van der Waals surface area contributed by atoms with Gasteiger partial charge in [0, 0.05) is 23.5 Å². The first-order chi connectivity index (χ1) is 8.93. The van der Waals surface area contributed by atoms with E-state index in [0.717, 1.165) is 12.4 Å². The third-order valence-electron chi connectivity index (χ3n) is 2.40. The molecule has 0 aliphatic heterocycles. The Morgan fingerprint density at radius 2 is 1.84 bits per heavy atom. The number of aromatic nitrogens is 2. The van der Waals surface area contributed by atoms with Gasteiger partial charge in [0.05, 0.1) is 7.11 Å². The molecule has 1 heterocycles. The normalized spacial score (nSPS) is 11.4. The molecule has 2 aromatic rings. The summed E-state index contributed by atoms with van der Waals surface area (Å²) in [4.78, 5) is 3.71. The van der Waals surface area contributed by atoms with Crippen molar-refractivity contribution in [3.8, 4) is 16.9 Å². The van der Waals surface area contributed by atoms with Crippen molar-refractivity contribution in [2.75, 3.05) is 7.11 Å². The number of methoxy groups -OCH3 is 1. The first-order valence-electron chi connectivity index (χ1n) is 5.15. The molecule has 0 spiro atoms. The Kier molecular flexibility index (Phi) is 3.75. The molecule has 7 heteroatoms. The highest BCUT2D eigenvalue weighted by atomic mass is 79.9. The maximum absolute atomic E-state index is 14.0. The quantitative estimate of drug-likeness (QED) is 0.803. The van der Waals surface area contributed by atoms with Crippen LogP contribution >= 0.6 is 15.9 Å². The molecule has 2 rings (SSSR count). The molecule has 1 aromatic carbocycles. The topological polar surface area (TPSA) is 35.0 Å². The zero-order valence-electron chi connectivity index (χ0n) is 9.70. The Labute approximate surface area is 115 Å². The van der Waals surface area contributed by atoms with Crippen LogP contribution in [0.25, 0.3) is 11.1 Å². The van der Waals surface area contributed by atoms with E-state index in [9.17, 15) is 13.2 Å². The van der Waals surface area contributed by atoms with E-state index in [-0.39, 0.29) is 16.9 Å². The maximum Gasteiger partial charge on any atom is 0.359 e. The molecule has 100 valence electrons. The largest absolute Gasteiger partial charge is 0.494 e. The van der Waals surface area contributed by atoms with Crippen LogP contribution in [0.2, 0.25) is 0 Å². The van der Waals surface area contributed by atoms with Crippen molar-refractivity contribution >= 4 is 15.9 Å². The average Bonchev–Trinajstić information content (AvgIpc) is 2.38. The fourth-order valence-electron chi connectivity index (χ4n) is 1.50. The summed E-state index contributed by atoms with van der Waals surface area (Å²) in [5.41, 5.74) is 0.473. The molecule has 0 saturated heterocycles. The van der Waals surface area contributed by atoms with Gasteiger partial charge in [0.1, 0.15) is 0 Å². The molecule has 0 bridgehead atoms. The molecule has 19 heavy (non-hydrogen) atoms. The zero-order chi connectivity index (χ0) is 14.0. The summed E-state index contributed by atoms with van der Waals surface area (Å²) in [5, 5.41) is 0. The van der Waals surface area contributed by atoms with E-state index in [1.807, 2.05) is 0 Å². The highest BCUT2D eigenvalue weighted by molar-refractivity contribution is 9.09. The lowest BCUT2D eigenvalue weighted by molar-refractivity contribution is 0.104. The van der Waals surface area contributed by atoms with Gasteiger partial charge in [0.15, 0.2) is 11.6 Å². The number of hydrogen-bond donors (Lipinski definition) is 0. The molecule has 0 atom stereocenters. The summed E-state index contributed by atoms with van der Waals surface area (Å²) in [6.07, 6.45) is 2.27. The van der Waals surface area contributed by atoms with Crippen LogP contribution in [0.3, 0.4) is 0 Å². The lowest BCUT2D eigenvalue weighted by atomic mass is 10.1. The van der Waals surface area contributed by atoms with Crippen molar-refractivity contribution < 1.29 is 17.9 Å². The highest BCUT2D eigenvalue weighted by Gasteiger charge is 2.30. The summed E-state index contributed by atoms with van der Waals surface area (Å²) in [5.74, 6) is -1.21. The molecule has 0 aliphatic rings. The molecule has 0 fully saturated rings. The number of hydrogen-bond acceptors (Lipinski definition) is 3. The van der Waals surface area contributed by atoms with E-state index in [2.05, 4.69) is 25.9 Å². The van der Waals surface area contributed by atoms with E-state index in [4.69, 9.17) is 4.74 Å². The molecule has 1 aromatic heterocycles. The van der Waals surface area contributed by atoms with E-state index in [0.29, 0.717) is 0 Å². The van der Waals surface area contributed by atoms with Crippen LogP contribution < -0.4 is 4.74 Å². The number of alkyl halides is 3. The van der Waals surface area contributed by atoms with E-state index in [1.165, 1.54) is 19.2 Å². The third-order valence-corrected chi connectivity index (χ3v) is 2.75. The summed E-state index contributed by atoms with van der Waals surface area (Å²) in [6, 6.07) is 4.54. The van der Waals surface area contributed by atoms with Crippen LogP contribution in [0.4, 0.5) is 13.2 Å². The lowest BCUT2D eigenvalue weighted by Gasteiger charge is -2.09. The van der Waals surface area contributed by atoms with Gasteiger partial charge in [-0.1, -0.05) is 12.1 Å². The van der Waals surface area contributed by atoms with Crippen LogP contribution in [0.1, 0.15) is 5.82 Å². The number of rotatable bonds is 3. The minimum absolute atomic E-state index is 0.0624. The van der Waals surface area contributed by atoms with Gasteiger partial charge in [0.25, 0.3) is 0 Å². The summed E-state index contributed by atoms with van der Waals surface area (Å²) < 4.78 is 44.6. The molecule has 3 nitrogen and oxygen atoms in total. The van der Waals surface area contributed by atoms with Crippen LogP contribution in [0.15, 0.2) is 30.6 Å². The van der Waals surface area contributed by atoms with Gasteiger partial charge in [-0.3, -0.25) is 0 Å². The van der Waals surface area contributed by atoms with Gasteiger partial charge >= 0.3 is 4.83 Å². The van der Waals surface area contributed by atoms with Crippen LogP contribution in [-0.2, 0) is 4.83 Å². The standard InChI is InChI=1S/C12H8BrF3N2O/c1-19-9-4-2-3-8(10(9)14)7-5-17-11(18-6-7)12(13,15)16/h2-6H,1H3. The number of ether oxygens (including phenoxy) is 1. The smallest absolute Gasteiger partial charge is 0.359 e. The van der Waals surface area contributed by atoms with Crippen molar-refractivity contribution in [1.29, 1.82) is 0 Å². The van der Waals surface area contributed by atoms with Gasteiger partial charge < -0.3 is 4.74 Å². The van der Waals surface area contributed by atoms with Gasteiger partial charge in [-0.2, -0.15) is 8.78 Å². The van der Waals surface area contributed by atoms with Crippen molar-refractivity contribution in [1.82, 2.24) is 9.97 Å². The average molecular weight is 333 g/mol. The second kappa shape index (κ2) is 5.16. The first kappa shape index (κ1) is 13.8. The molecular weight excluding hydrogens is 325 g/mol. The van der Waals surface area contributed by atoms with Crippen molar-refractivity contribution in [3.63, 3.8) is 0 Å². The van der Waals surface area contributed by atoms with E-state index in [1.54, 1.807) is 6.07 Å². The summed E-state index contributed by atoms with van der Waals surface area (Å²) in [6.45, 7) is 0. The molecule has 0 radical (unpaired) electrons. The monoisotopic (exact) mass is 332 g/mol. The van der Waals surface area contributed by atoms with E-state index < -0.39 is 16.5 Å². The van der Waals surface area contributed by atoms with Gasteiger partial charge in [0.2, 0.25) is 5.82 Å². The van der Waals surface area contributed by atoms with Crippen molar-refractivity contribution in [2.24, 2.45) is 0 Å². The molecule has 0 N–H and O–H groups in total. The summed E-state index contributed by atoms with van der Waals surface area (Å²) >= 11 is 2.15. The number of benzene rings is 1. The molecule has 0 saturated carbocycles. The predicted molar refractivity (Wildman–Crippen MR) is 66.8 cm³/mol. The first-order valence-corrected chi connectivity index (χ1v) is 5.95. The molecular formula is C12H8BrF3N2O. The lowest BCUT2D eigenvalue weighted by Crippen LogP contribution is -2.08. The number of halogens is 4. The Hall–Kier alpha value is -1.63. The Balaban J connectivity index is 2.43. The SMILES string of the molecule is COc1cccc(-c2cnc(C(F)(F)Br)nc2)c1F.